The Balaban J connectivity index is 1.67. The van der Waals surface area contributed by atoms with E-state index in [-0.39, 0.29) is 17.5 Å². The number of benzene rings is 1. The zero-order valence-corrected chi connectivity index (χ0v) is 16.6. The van der Waals surface area contributed by atoms with E-state index in [4.69, 9.17) is 4.52 Å². The number of anilines is 1. The van der Waals surface area contributed by atoms with E-state index in [0.717, 1.165) is 29.3 Å². The Kier molecular flexibility index (Phi) is 5.54. The first-order valence-electron chi connectivity index (χ1n) is 9.33. The van der Waals surface area contributed by atoms with Crippen LogP contribution >= 0.6 is 0 Å². The fraction of sp³-hybridized carbons (Fsp3) is 0.429. The highest BCUT2D eigenvalue weighted by atomic mass is 19.3. The van der Waals surface area contributed by atoms with Crippen LogP contribution in [0, 0.1) is 19.8 Å². The molecule has 0 aliphatic carbocycles. The van der Waals surface area contributed by atoms with Crippen LogP contribution in [-0.4, -0.2) is 29.2 Å². The van der Waals surface area contributed by atoms with Crippen molar-refractivity contribution in [3.05, 3.63) is 52.2 Å². The zero-order valence-electron chi connectivity index (χ0n) is 16.6. The summed E-state index contributed by atoms with van der Waals surface area (Å²) in [4.78, 5) is 14.3. The third-order valence-corrected chi connectivity index (χ3v) is 5.21. The lowest BCUT2D eigenvalue weighted by Gasteiger charge is -2.33. The number of rotatable bonds is 3. The Bertz CT molecular complexity index is 899. The summed E-state index contributed by atoms with van der Waals surface area (Å²) >= 11 is 0. The van der Waals surface area contributed by atoms with Crippen molar-refractivity contribution in [1.82, 2.24) is 10.1 Å². The maximum atomic E-state index is 13.6. The van der Waals surface area contributed by atoms with Gasteiger partial charge in [-0.15, -0.1) is 0 Å². The molecule has 0 bridgehead atoms. The molecule has 2 aromatic rings. The smallest absolute Gasteiger partial charge is 0.324 e. The van der Waals surface area contributed by atoms with Crippen molar-refractivity contribution < 1.29 is 18.1 Å². The fourth-order valence-corrected chi connectivity index (χ4v) is 3.27. The molecule has 1 fully saturated rings. The molecule has 0 radical (unpaired) electrons. The van der Waals surface area contributed by atoms with Crippen LogP contribution in [0.15, 0.2) is 34.4 Å². The summed E-state index contributed by atoms with van der Waals surface area (Å²) in [5.74, 6) is -2.37. The molecule has 5 nitrogen and oxygen atoms in total. The van der Waals surface area contributed by atoms with E-state index in [0.29, 0.717) is 25.4 Å². The van der Waals surface area contributed by atoms with Gasteiger partial charge in [0.2, 0.25) is 5.88 Å². The molecule has 2 amide bonds. The van der Waals surface area contributed by atoms with Gasteiger partial charge in [-0.05, 0) is 37.8 Å². The van der Waals surface area contributed by atoms with Gasteiger partial charge in [0.1, 0.15) is 0 Å². The molecular formula is C21H25F2N3O2. The Morgan fingerprint density at radius 2 is 2.14 bits per heavy atom. The van der Waals surface area contributed by atoms with Crippen molar-refractivity contribution in [2.24, 2.45) is 5.92 Å². The minimum absolute atomic E-state index is 0.00374. The van der Waals surface area contributed by atoms with Crippen LogP contribution in [0.5, 0.6) is 0 Å². The molecular weight excluding hydrogens is 364 g/mol. The van der Waals surface area contributed by atoms with Crippen LogP contribution in [0.3, 0.4) is 0 Å². The number of aromatic nitrogens is 1. The Morgan fingerprint density at radius 1 is 1.39 bits per heavy atom. The average Bonchev–Trinajstić information content (AvgIpc) is 2.95. The minimum Gasteiger partial charge on any atom is -0.338 e. The quantitative estimate of drug-likeness (QED) is 0.769. The third-order valence-electron chi connectivity index (χ3n) is 5.21. The maximum Gasteiger partial charge on any atom is 0.324 e. The number of carbonyl (C=O) groups is 1. The van der Waals surface area contributed by atoms with Crippen molar-refractivity contribution in [3.63, 3.8) is 0 Å². The molecule has 1 aliphatic heterocycles. The van der Waals surface area contributed by atoms with Crippen molar-refractivity contribution in [2.75, 3.05) is 18.4 Å². The van der Waals surface area contributed by atoms with Crippen LogP contribution in [0.25, 0.3) is 6.08 Å². The molecule has 1 aromatic heterocycles. The third kappa shape index (κ3) is 4.40. The van der Waals surface area contributed by atoms with Gasteiger partial charge in [0.25, 0.3) is 5.92 Å². The average molecular weight is 389 g/mol. The van der Waals surface area contributed by atoms with Crippen molar-refractivity contribution in [1.29, 1.82) is 0 Å². The van der Waals surface area contributed by atoms with Gasteiger partial charge in [0, 0.05) is 31.1 Å². The summed E-state index contributed by atoms with van der Waals surface area (Å²) < 4.78 is 32.3. The number of alkyl halides is 2. The van der Waals surface area contributed by atoms with E-state index in [1.165, 1.54) is 12.1 Å². The second-order valence-corrected chi connectivity index (χ2v) is 7.48. The monoisotopic (exact) mass is 389 g/mol. The highest BCUT2D eigenvalue weighted by Crippen LogP contribution is 2.30. The Morgan fingerprint density at radius 3 is 2.75 bits per heavy atom. The van der Waals surface area contributed by atoms with Crippen LogP contribution in [0.1, 0.15) is 42.7 Å². The van der Waals surface area contributed by atoms with Crippen LogP contribution < -0.4 is 5.32 Å². The molecule has 0 saturated carbocycles. The summed E-state index contributed by atoms with van der Waals surface area (Å²) in [5.41, 5.74) is 3.46. The number of nitrogens with one attached hydrogen (secondary N) is 1. The van der Waals surface area contributed by atoms with Gasteiger partial charge in [-0.2, -0.15) is 0 Å². The highest BCUT2D eigenvalue weighted by Gasteiger charge is 2.27. The Labute approximate surface area is 163 Å². The molecule has 0 spiro atoms. The van der Waals surface area contributed by atoms with Gasteiger partial charge < -0.3 is 9.42 Å². The topological polar surface area (TPSA) is 58.4 Å². The first kappa shape index (κ1) is 20.0. The van der Waals surface area contributed by atoms with E-state index in [1.54, 1.807) is 11.0 Å². The normalized spacial score (nSPS) is 19.1. The summed E-state index contributed by atoms with van der Waals surface area (Å²) in [6.45, 7) is 7.70. The van der Waals surface area contributed by atoms with Crippen molar-refractivity contribution in [2.45, 2.75) is 40.0 Å². The number of urea groups is 1. The molecule has 28 heavy (non-hydrogen) atoms. The van der Waals surface area contributed by atoms with Crippen LogP contribution in [-0.2, 0) is 5.92 Å². The van der Waals surface area contributed by atoms with Gasteiger partial charge >= 0.3 is 6.03 Å². The number of likely N-dealkylation sites (tertiary alicyclic amines) is 1. The van der Waals surface area contributed by atoms with Crippen LogP contribution in [0.4, 0.5) is 19.5 Å². The van der Waals surface area contributed by atoms with Gasteiger partial charge in [-0.25, -0.2) is 13.6 Å². The summed E-state index contributed by atoms with van der Waals surface area (Å²) in [5, 5.41) is 6.61. The maximum absolute atomic E-state index is 13.6. The number of hydrogen-bond acceptors (Lipinski definition) is 3. The number of carbonyl (C=O) groups excluding carboxylic acids is 1. The molecule has 1 aliphatic rings. The first-order valence-corrected chi connectivity index (χ1v) is 9.33. The molecule has 1 saturated heterocycles. The van der Waals surface area contributed by atoms with E-state index in [1.807, 2.05) is 32.9 Å². The minimum atomic E-state index is -2.86. The number of halogens is 2. The Hall–Kier alpha value is -2.70. The number of piperidine rings is 1. The van der Waals surface area contributed by atoms with E-state index in [9.17, 15) is 13.6 Å². The van der Waals surface area contributed by atoms with E-state index >= 15 is 0 Å². The number of hydrogen-bond donors (Lipinski definition) is 1. The van der Waals surface area contributed by atoms with Gasteiger partial charge in [0.05, 0.1) is 5.69 Å². The molecule has 1 N–H and O–H groups in total. The standard InChI is InChI=1S/C21H25F2N3O2/c1-13-12-26(20(27)24-19-14(2)15(3)25-28-19)9-8-17(13)10-16-6-5-7-18(11-16)21(4,22)23/h5-7,10-11,13H,8-9,12H2,1-4H3,(H,24,27). The van der Waals surface area contributed by atoms with Gasteiger partial charge in [-0.3, -0.25) is 5.32 Å². The fourth-order valence-electron chi connectivity index (χ4n) is 3.27. The molecule has 1 atom stereocenters. The molecule has 1 unspecified atom stereocenters. The molecule has 7 heteroatoms. The number of nitrogens with zero attached hydrogens (tertiary/aromatic N) is 2. The highest BCUT2D eigenvalue weighted by molar-refractivity contribution is 5.88. The summed E-state index contributed by atoms with van der Waals surface area (Å²) in [6, 6.07) is 6.20. The predicted molar refractivity (Wildman–Crippen MR) is 104 cm³/mol. The second kappa shape index (κ2) is 7.73. The van der Waals surface area contributed by atoms with Crippen molar-refractivity contribution >= 4 is 18.0 Å². The van der Waals surface area contributed by atoms with Gasteiger partial charge in [0.15, 0.2) is 0 Å². The summed E-state index contributed by atoms with van der Waals surface area (Å²) in [7, 11) is 0. The number of amides is 2. The van der Waals surface area contributed by atoms with Gasteiger partial charge in [-0.1, -0.05) is 41.9 Å². The van der Waals surface area contributed by atoms with Crippen LogP contribution in [0.2, 0.25) is 0 Å². The van der Waals surface area contributed by atoms with E-state index in [2.05, 4.69) is 10.5 Å². The number of aryl methyl sites for hydroxylation is 1. The molecule has 3 rings (SSSR count). The summed E-state index contributed by atoms with van der Waals surface area (Å²) in [6.07, 6.45) is 2.65. The van der Waals surface area contributed by atoms with E-state index < -0.39 is 5.92 Å². The predicted octanol–water partition coefficient (Wildman–Crippen LogP) is 5.36. The lowest BCUT2D eigenvalue weighted by molar-refractivity contribution is 0.0174. The zero-order chi connectivity index (χ0) is 20.5. The molecule has 2 heterocycles. The molecule has 1 aromatic carbocycles. The first-order chi connectivity index (χ1) is 13.1. The second-order valence-electron chi connectivity index (χ2n) is 7.48. The lowest BCUT2D eigenvalue weighted by Crippen LogP contribution is -2.42. The lowest BCUT2D eigenvalue weighted by atomic mass is 9.91. The SMILES string of the molecule is Cc1noc(NC(=O)N2CCC(=Cc3cccc(C(C)(F)F)c3)C(C)C2)c1C. The molecule has 150 valence electrons. The largest absolute Gasteiger partial charge is 0.338 e. The van der Waals surface area contributed by atoms with Crippen molar-refractivity contribution in [3.8, 4) is 0 Å².